The molecule has 0 saturated heterocycles. The minimum atomic E-state index is 1.01. The molecule has 1 nitrogen and oxygen atoms in total. The highest BCUT2D eigenvalue weighted by Gasteiger charge is 1.89. The third-order valence-corrected chi connectivity index (χ3v) is 3.54. The molecule has 0 aliphatic rings. The van der Waals surface area contributed by atoms with Gasteiger partial charge in [0.1, 0.15) is 0 Å². The summed E-state index contributed by atoms with van der Waals surface area (Å²) in [6.07, 6.45) is 8.17. The Morgan fingerprint density at radius 2 is 0.926 bits per heavy atom. The van der Waals surface area contributed by atoms with Crippen molar-refractivity contribution in [2.75, 3.05) is 0 Å². The molecule has 0 radical (unpaired) electrons. The van der Waals surface area contributed by atoms with Crippen molar-refractivity contribution in [1.29, 1.82) is 0 Å². The number of hydrogen-bond donors (Lipinski definition) is 1. The molecule has 0 amide bonds. The van der Waals surface area contributed by atoms with Crippen LogP contribution in [0.3, 0.4) is 0 Å². The third-order valence-electron chi connectivity index (χ3n) is 3.54. The second-order valence-electron chi connectivity index (χ2n) is 5.38. The first-order valence-corrected chi connectivity index (χ1v) is 8.62. The Bertz CT molecular complexity index is 803. The molecule has 136 valence electrons. The molecule has 0 spiro atoms. The molecule has 1 N–H and O–H groups in total. The normalized spacial score (nSPS) is 9.19. The largest absolute Gasteiger partial charge is 0.516 e. The van der Waals surface area contributed by atoms with E-state index in [1.54, 1.807) is 6.08 Å². The fraction of sp³-hybridized carbons (Fsp3) is 0. The number of aliphatic hydroxyl groups excluding tert-OH is 1. The fourth-order valence-electron chi connectivity index (χ4n) is 2.12. The average molecular weight is 354 g/mol. The monoisotopic (exact) mass is 354 g/mol. The van der Waals surface area contributed by atoms with Gasteiger partial charge in [-0.1, -0.05) is 123 Å². The van der Waals surface area contributed by atoms with Crippen LogP contribution in [0.1, 0.15) is 22.3 Å². The van der Waals surface area contributed by atoms with Crippen LogP contribution in [0.2, 0.25) is 0 Å². The average Bonchev–Trinajstić information content (AvgIpc) is 2.76. The van der Waals surface area contributed by atoms with Crippen LogP contribution >= 0.6 is 0 Å². The smallest absolute Gasteiger partial charge is 0.0797 e. The van der Waals surface area contributed by atoms with Crippen molar-refractivity contribution >= 4 is 24.3 Å². The van der Waals surface area contributed by atoms with Gasteiger partial charge in [0.15, 0.2) is 0 Å². The zero-order chi connectivity index (χ0) is 19.7. The molecule has 27 heavy (non-hydrogen) atoms. The summed E-state index contributed by atoms with van der Waals surface area (Å²) in [5, 5.41) is 8.34. The second-order valence-corrected chi connectivity index (χ2v) is 5.38. The summed E-state index contributed by atoms with van der Waals surface area (Å²) >= 11 is 0. The number of aliphatic hydroxyl groups is 1. The molecule has 0 atom stereocenters. The first kappa shape index (κ1) is 21.5. The van der Waals surface area contributed by atoms with Crippen LogP contribution in [0.4, 0.5) is 0 Å². The maximum atomic E-state index is 8.34. The van der Waals surface area contributed by atoms with Crippen molar-refractivity contribution in [2.45, 2.75) is 0 Å². The predicted molar refractivity (Wildman–Crippen MR) is 121 cm³/mol. The summed E-state index contributed by atoms with van der Waals surface area (Å²) in [6, 6.07) is 27.7. The van der Waals surface area contributed by atoms with Crippen molar-refractivity contribution in [3.63, 3.8) is 0 Å². The summed E-state index contributed by atoms with van der Waals surface area (Å²) in [4.78, 5) is 0. The lowest BCUT2D eigenvalue weighted by atomic mass is 10.1. The van der Waals surface area contributed by atoms with E-state index in [1.807, 2.05) is 103 Å². The molecule has 0 unspecified atom stereocenters. The lowest BCUT2D eigenvalue weighted by Gasteiger charge is -1.96. The molecule has 3 aromatic carbocycles. The molecule has 3 rings (SSSR count). The van der Waals surface area contributed by atoms with Gasteiger partial charge in [0.05, 0.1) is 6.26 Å². The van der Waals surface area contributed by atoms with Crippen LogP contribution in [0.25, 0.3) is 24.3 Å². The molecule has 0 heterocycles. The molecule has 0 aliphatic carbocycles. The first-order chi connectivity index (χ1) is 13.2. The molecular formula is C26H26O. The third kappa shape index (κ3) is 8.89. The Balaban J connectivity index is 0.000000204. The van der Waals surface area contributed by atoms with E-state index in [0.717, 1.165) is 23.0 Å². The lowest BCUT2D eigenvalue weighted by molar-refractivity contribution is 0.478. The van der Waals surface area contributed by atoms with Gasteiger partial charge >= 0.3 is 0 Å². The van der Waals surface area contributed by atoms with Gasteiger partial charge in [0.25, 0.3) is 0 Å². The van der Waals surface area contributed by atoms with E-state index < -0.39 is 0 Å². The summed E-state index contributed by atoms with van der Waals surface area (Å²) < 4.78 is 0. The Hall–Kier alpha value is -3.58. The molecule has 0 saturated carbocycles. The van der Waals surface area contributed by atoms with Crippen molar-refractivity contribution in [1.82, 2.24) is 0 Å². The SMILES string of the molecule is C=Cc1ccccc1.C=Cc1ccccc1C=C.OC=Cc1ccccc1. The van der Waals surface area contributed by atoms with Gasteiger partial charge in [-0.15, -0.1) is 0 Å². The topological polar surface area (TPSA) is 20.2 Å². The van der Waals surface area contributed by atoms with Gasteiger partial charge in [-0.25, -0.2) is 0 Å². The van der Waals surface area contributed by atoms with Gasteiger partial charge in [-0.3, -0.25) is 0 Å². The Morgan fingerprint density at radius 3 is 1.26 bits per heavy atom. The quantitative estimate of drug-likeness (QED) is 0.480. The summed E-state index contributed by atoms with van der Waals surface area (Å²) in [5.41, 5.74) is 4.46. The highest BCUT2D eigenvalue weighted by Crippen LogP contribution is 2.10. The molecule has 3 aromatic rings. The Morgan fingerprint density at radius 1 is 0.519 bits per heavy atom. The van der Waals surface area contributed by atoms with Crippen molar-refractivity contribution in [3.8, 4) is 0 Å². The van der Waals surface area contributed by atoms with Crippen LogP contribution < -0.4 is 0 Å². The molecular weight excluding hydrogens is 328 g/mol. The minimum Gasteiger partial charge on any atom is -0.516 e. The van der Waals surface area contributed by atoms with Gasteiger partial charge in [-0.2, -0.15) is 0 Å². The zero-order valence-electron chi connectivity index (χ0n) is 15.5. The van der Waals surface area contributed by atoms with E-state index in [4.69, 9.17) is 5.11 Å². The summed E-state index contributed by atoms with van der Waals surface area (Å²) in [6.45, 7) is 11.0. The molecule has 1 heteroatoms. The molecule has 0 fully saturated rings. The van der Waals surface area contributed by atoms with Crippen LogP contribution in [0.15, 0.2) is 111 Å². The van der Waals surface area contributed by atoms with E-state index in [-0.39, 0.29) is 0 Å². The van der Waals surface area contributed by atoms with Crippen molar-refractivity contribution < 1.29 is 5.11 Å². The van der Waals surface area contributed by atoms with E-state index in [0.29, 0.717) is 0 Å². The maximum Gasteiger partial charge on any atom is 0.0797 e. The number of rotatable bonds is 4. The lowest BCUT2D eigenvalue weighted by Crippen LogP contribution is -1.76. The van der Waals surface area contributed by atoms with E-state index in [1.165, 1.54) is 5.56 Å². The van der Waals surface area contributed by atoms with Crippen LogP contribution in [-0.4, -0.2) is 5.11 Å². The van der Waals surface area contributed by atoms with Crippen LogP contribution in [0, 0.1) is 0 Å². The standard InChI is InChI=1S/C10H10.C8H8O.C8H8/c1-3-9-7-5-6-8-10(9)4-2;9-7-6-8-4-2-1-3-5-8;1-2-8-6-4-3-5-7-8/h3-8H,1-2H2;1-7,9H;2-7H,1H2. The van der Waals surface area contributed by atoms with Gasteiger partial charge < -0.3 is 5.11 Å². The summed E-state index contributed by atoms with van der Waals surface area (Å²) in [5.74, 6) is 0. The van der Waals surface area contributed by atoms with Gasteiger partial charge in [0, 0.05) is 0 Å². The fourth-order valence-corrected chi connectivity index (χ4v) is 2.12. The van der Waals surface area contributed by atoms with Gasteiger partial charge in [0.2, 0.25) is 0 Å². The van der Waals surface area contributed by atoms with Crippen LogP contribution in [0.5, 0.6) is 0 Å². The minimum absolute atomic E-state index is 1.01. The Labute approximate surface area is 163 Å². The highest BCUT2D eigenvalue weighted by atomic mass is 16.2. The zero-order valence-corrected chi connectivity index (χ0v) is 15.5. The van der Waals surface area contributed by atoms with E-state index >= 15 is 0 Å². The van der Waals surface area contributed by atoms with Crippen LogP contribution in [-0.2, 0) is 0 Å². The Kier molecular flexibility index (Phi) is 10.9. The predicted octanol–water partition coefficient (Wildman–Crippen LogP) is 7.52. The van der Waals surface area contributed by atoms with Gasteiger partial charge in [-0.05, 0) is 28.3 Å². The van der Waals surface area contributed by atoms with E-state index in [2.05, 4.69) is 19.7 Å². The van der Waals surface area contributed by atoms with Crippen molar-refractivity contribution in [2.24, 2.45) is 0 Å². The summed E-state index contributed by atoms with van der Waals surface area (Å²) in [7, 11) is 0. The molecule has 0 aliphatic heterocycles. The second kappa shape index (κ2) is 13.7. The van der Waals surface area contributed by atoms with Crippen molar-refractivity contribution in [3.05, 3.63) is 133 Å². The van der Waals surface area contributed by atoms with E-state index in [9.17, 15) is 0 Å². The first-order valence-electron chi connectivity index (χ1n) is 8.62. The maximum absolute atomic E-state index is 8.34. The molecule has 0 aromatic heterocycles. The number of hydrogen-bond acceptors (Lipinski definition) is 1. The number of benzene rings is 3. The molecule has 0 bridgehead atoms. The highest BCUT2D eigenvalue weighted by molar-refractivity contribution is 5.63.